The maximum absolute atomic E-state index is 6.18. The molecule has 1 aliphatic heterocycles. The van der Waals surface area contributed by atoms with Gasteiger partial charge >= 0.3 is 0 Å². The predicted molar refractivity (Wildman–Crippen MR) is 95.2 cm³/mol. The van der Waals surface area contributed by atoms with Crippen LogP contribution in [0, 0.1) is 0 Å². The minimum atomic E-state index is -0.0761. The van der Waals surface area contributed by atoms with Gasteiger partial charge in [0.05, 0.1) is 24.1 Å². The third-order valence-corrected chi connectivity index (χ3v) is 4.38. The minimum Gasteiger partial charge on any atom is -0.493 e. The molecule has 1 atom stereocenters. The van der Waals surface area contributed by atoms with Gasteiger partial charge in [0.15, 0.2) is 22.7 Å². The maximum atomic E-state index is 6.18. The van der Waals surface area contributed by atoms with Gasteiger partial charge in [0, 0.05) is 6.61 Å². The van der Waals surface area contributed by atoms with Crippen LogP contribution in [0.4, 0.5) is 17.5 Å². The zero-order chi connectivity index (χ0) is 17.4. The van der Waals surface area contributed by atoms with Crippen molar-refractivity contribution >= 4 is 40.2 Å². The van der Waals surface area contributed by atoms with E-state index >= 15 is 0 Å². The summed E-state index contributed by atoms with van der Waals surface area (Å²) in [5.74, 6) is 1.16. The number of aromatic nitrogens is 4. The van der Waals surface area contributed by atoms with E-state index in [-0.39, 0.29) is 12.2 Å². The zero-order valence-corrected chi connectivity index (χ0v) is 14.3. The van der Waals surface area contributed by atoms with E-state index in [2.05, 4.69) is 20.3 Å². The smallest absolute Gasteiger partial charge is 0.224 e. The lowest BCUT2D eigenvalue weighted by atomic mass is 10.3. The summed E-state index contributed by atoms with van der Waals surface area (Å²) in [4.78, 5) is 13.1. The third kappa shape index (κ3) is 2.83. The number of nitrogens with zero attached hydrogens (tertiary/aromatic N) is 4. The van der Waals surface area contributed by atoms with Gasteiger partial charge in [-0.25, -0.2) is 4.98 Å². The van der Waals surface area contributed by atoms with Crippen LogP contribution in [0.25, 0.3) is 11.2 Å². The molecule has 3 N–H and O–H groups in total. The number of ether oxygens (including phenoxy) is 2. The Hall–Kier alpha value is -2.58. The number of fused-ring (bicyclic) bond motifs is 1. The fourth-order valence-corrected chi connectivity index (χ4v) is 3.21. The highest BCUT2D eigenvalue weighted by molar-refractivity contribution is 6.32. The van der Waals surface area contributed by atoms with E-state index < -0.39 is 0 Å². The van der Waals surface area contributed by atoms with Crippen LogP contribution in [0.3, 0.4) is 0 Å². The Morgan fingerprint density at radius 2 is 2.28 bits per heavy atom. The molecule has 0 aliphatic carbocycles. The van der Waals surface area contributed by atoms with Crippen LogP contribution in [-0.2, 0) is 4.74 Å². The summed E-state index contributed by atoms with van der Waals surface area (Å²) in [6, 6.07) is 5.41. The molecule has 25 heavy (non-hydrogen) atoms. The number of halogens is 1. The van der Waals surface area contributed by atoms with Crippen molar-refractivity contribution in [3.63, 3.8) is 0 Å². The number of nitrogens with two attached hydrogens (primary N) is 1. The number of nitrogen functional groups attached to an aromatic ring is 1. The Labute approximate surface area is 148 Å². The molecule has 1 aliphatic rings. The van der Waals surface area contributed by atoms with E-state index in [4.69, 9.17) is 26.8 Å². The van der Waals surface area contributed by atoms with Gasteiger partial charge in [-0.1, -0.05) is 17.7 Å². The normalized spacial score (nSPS) is 17.1. The van der Waals surface area contributed by atoms with E-state index in [1.54, 1.807) is 19.5 Å². The number of benzene rings is 1. The van der Waals surface area contributed by atoms with Gasteiger partial charge in [-0.2, -0.15) is 9.97 Å². The Morgan fingerprint density at radius 3 is 3.04 bits per heavy atom. The van der Waals surface area contributed by atoms with Gasteiger partial charge in [0.25, 0.3) is 0 Å². The molecule has 1 saturated heterocycles. The summed E-state index contributed by atoms with van der Waals surface area (Å²) in [6.07, 6.45) is 3.55. The van der Waals surface area contributed by atoms with Gasteiger partial charge in [0.1, 0.15) is 6.23 Å². The highest BCUT2D eigenvalue weighted by atomic mass is 35.5. The Balaban J connectivity index is 1.79. The first-order valence-corrected chi connectivity index (χ1v) is 8.26. The SMILES string of the molecule is COc1c(Cl)cccc1Nc1nc(N)nc2c1ncn2C1CCCO1. The van der Waals surface area contributed by atoms with Crippen LogP contribution in [0.1, 0.15) is 19.1 Å². The fourth-order valence-electron chi connectivity index (χ4n) is 2.95. The number of hydrogen-bond donors (Lipinski definition) is 2. The van der Waals surface area contributed by atoms with Gasteiger partial charge in [-0.05, 0) is 25.0 Å². The van der Waals surface area contributed by atoms with E-state index in [1.165, 1.54) is 0 Å². The topological polar surface area (TPSA) is 100 Å². The second-order valence-corrected chi connectivity index (χ2v) is 6.07. The molecule has 9 heteroatoms. The van der Waals surface area contributed by atoms with Gasteiger partial charge < -0.3 is 20.5 Å². The second kappa shape index (κ2) is 6.38. The quantitative estimate of drug-likeness (QED) is 0.737. The molecule has 0 amide bonds. The number of imidazole rings is 1. The van der Waals surface area contributed by atoms with Crippen molar-refractivity contribution in [1.82, 2.24) is 19.5 Å². The van der Waals surface area contributed by atoms with Crippen molar-refractivity contribution < 1.29 is 9.47 Å². The number of anilines is 3. The summed E-state index contributed by atoms with van der Waals surface area (Å²) in [5, 5.41) is 3.69. The summed E-state index contributed by atoms with van der Waals surface area (Å²) >= 11 is 6.18. The number of hydrogen-bond acceptors (Lipinski definition) is 7. The first-order chi connectivity index (χ1) is 12.2. The molecule has 1 unspecified atom stereocenters. The van der Waals surface area contributed by atoms with Gasteiger partial charge in [0.2, 0.25) is 5.95 Å². The van der Waals surface area contributed by atoms with E-state index in [0.717, 1.165) is 19.4 Å². The fraction of sp³-hybridized carbons (Fsp3) is 0.312. The highest BCUT2D eigenvalue weighted by Gasteiger charge is 2.22. The Kier molecular flexibility index (Phi) is 4.06. The van der Waals surface area contributed by atoms with Crippen LogP contribution in [-0.4, -0.2) is 33.2 Å². The number of para-hydroxylation sites is 1. The molecular weight excluding hydrogens is 344 g/mol. The lowest BCUT2D eigenvalue weighted by molar-refractivity contribution is 0.0593. The molecule has 0 saturated carbocycles. The maximum Gasteiger partial charge on any atom is 0.224 e. The van der Waals surface area contributed by atoms with Crippen molar-refractivity contribution in [2.75, 3.05) is 24.8 Å². The van der Waals surface area contributed by atoms with Crippen molar-refractivity contribution in [2.45, 2.75) is 19.1 Å². The standard InChI is InChI=1S/C16H17ClN6O2/c1-24-13-9(17)4-2-5-10(13)20-14-12-15(22-16(18)21-14)23(8-19-12)11-6-3-7-25-11/h2,4-5,8,11H,3,6-7H2,1H3,(H3,18,20,21,22). The lowest BCUT2D eigenvalue weighted by Crippen LogP contribution is -2.08. The highest BCUT2D eigenvalue weighted by Crippen LogP contribution is 2.36. The van der Waals surface area contributed by atoms with Gasteiger partial charge in [-0.3, -0.25) is 4.57 Å². The van der Waals surface area contributed by atoms with Crippen LogP contribution in [0.2, 0.25) is 5.02 Å². The summed E-state index contributed by atoms with van der Waals surface area (Å²) < 4.78 is 13.0. The lowest BCUT2D eigenvalue weighted by Gasteiger charge is -2.14. The largest absolute Gasteiger partial charge is 0.493 e. The first-order valence-electron chi connectivity index (χ1n) is 7.88. The average molecular weight is 361 g/mol. The number of methoxy groups -OCH3 is 1. The Bertz CT molecular complexity index is 922. The first kappa shape index (κ1) is 15.9. The van der Waals surface area contributed by atoms with Crippen LogP contribution < -0.4 is 15.8 Å². The molecule has 0 spiro atoms. The molecule has 8 nitrogen and oxygen atoms in total. The molecule has 1 fully saturated rings. The molecule has 0 bridgehead atoms. The minimum absolute atomic E-state index is 0.0761. The summed E-state index contributed by atoms with van der Waals surface area (Å²) in [6.45, 7) is 0.732. The van der Waals surface area contributed by atoms with E-state index in [1.807, 2.05) is 16.7 Å². The van der Waals surface area contributed by atoms with Crippen molar-refractivity contribution in [3.05, 3.63) is 29.5 Å². The van der Waals surface area contributed by atoms with Crippen molar-refractivity contribution in [3.8, 4) is 5.75 Å². The molecular formula is C16H17ClN6O2. The molecule has 1 aromatic carbocycles. The molecule has 4 rings (SSSR count). The average Bonchev–Trinajstić information content (AvgIpc) is 3.24. The zero-order valence-electron chi connectivity index (χ0n) is 13.6. The third-order valence-electron chi connectivity index (χ3n) is 4.08. The molecule has 3 heterocycles. The monoisotopic (exact) mass is 360 g/mol. The number of nitrogens with one attached hydrogen (secondary N) is 1. The van der Waals surface area contributed by atoms with Crippen LogP contribution in [0.5, 0.6) is 5.75 Å². The van der Waals surface area contributed by atoms with Crippen molar-refractivity contribution in [2.24, 2.45) is 0 Å². The molecule has 130 valence electrons. The Morgan fingerprint density at radius 1 is 1.40 bits per heavy atom. The second-order valence-electron chi connectivity index (χ2n) is 5.67. The van der Waals surface area contributed by atoms with E-state index in [0.29, 0.717) is 33.4 Å². The summed E-state index contributed by atoms with van der Waals surface area (Å²) in [7, 11) is 1.56. The van der Waals surface area contributed by atoms with Crippen LogP contribution >= 0.6 is 11.6 Å². The molecule has 2 aromatic heterocycles. The molecule has 3 aromatic rings. The van der Waals surface area contributed by atoms with E-state index in [9.17, 15) is 0 Å². The predicted octanol–water partition coefficient (Wildman–Crippen LogP) is 3.12. The molecule has 0 radical (unpaired) electrons. The van der Waals surface area contributed by atoms with Crippen molar-refractivity contribution in [1.29, 1.82) is 0 Å². The van der Waals surface area contributed by atoms with Gasteiger partial charge in [-0.15, -0.1) is 0 Å². The van der Waals surface area contributed by atoms with Crippen LogP contribution in [0.15, 0.2) is 24.5 Å². The number of rotatable bonds is 4. The summed E-state index contributed by atoms with van der Waals surface area (Å²) in [5.41, 5.74) is 7.80.